The van der Waals surface area contributed by atoms with Gasteiger partial charge in [0.15, 0.2) is 0 Å². The zero-order valence-corrected chi connectivity index (χ0v) is 12.1. The van der Waals surface area contributed by atoms with Crippen LogP contribution in [0, 0.1) is 0 Å². The van der Waals surface area contributed by atoms with Crippen molar-refractivity contribution in [2.24, 2.45) is 0 Å². The van der Waals surface area contributed by atoms with Crippen LogP contribution in [0.2, 0.25) is 0 Å². The highest BCUT2D eigenvalue weighted by molar-refractivity contribution is 9.10. The van der Waals surface area contributed by atoms with Gasteiger partial charge in [0.25, 0.3) is 0 Å². The average Bonchev–Trinajstić information content (AvgIpc) is 2.79. The van der Waals surface area contributed by atoms with Crippen molar-refractivity contribution in [3.63, 3.8) is 0 Å². The molecule has 0 saturated carbocycles. The third kappa shape index (κ3) is 2.82. The molecule has 1 aliphatic carbocycles. The minimum atomic E-state index is -0.296. The molecule has 1 atom stereocenters. The molecule has 1 aliphatic rings. The lowest BCUT2D eigenvalue weighted by molar-refractivity contribution is 0.180. The van der Waals surface area contributed by atoms with Gasteiger partial charge < -0.3 is 9.84 Å². The predicted molar refractivity (Wildman–Crippen MR) is 78.2 cm³/mol. The highest BCUT2D eigenvalue weighted by atomic mass is 79.9. The molecule has 98 valence electrons. The smallest absolute Gasteiger partial charge is 0.120 e. The number of rotatable bonds is 3. The second kappa shape index (κ2) is 5.35. The summed E-state index contributed by atoms with van der Waals surface area (Å²) in [6, 6.07) is 14.1. The molecule has 0 fully saturated rings. The van der Waals surface area contributed by atoms with Crippen LogP contribution in [0.15, 0.2) is 46.9 Å². The van der Waals surface area contributed by atoms with Gasteiger partial charge in [-0.05, 0) is 53.8 Å². The van der Waals surface area contributed by atoms with Crippen LogP contribution in [-0.2, 0) is 13.0 Å². The molecular formula is C16H15BrO2. The van der Waals surface area contributed by atoms with Gasteiger partial charge in [-0.1, -0.05) is 34.1 Å². The largest absolute Gasteiger partial charge is 0.489 e. The maximum Gasteiger partial charge on any atom is 0.120 e. The standard InChI is InChI=1S/C16H15BrO2/c17-13-4-1-11(2-5-13)10-19-14-6-7-15-12(9-14)3-8-16(15)18/h1-2,4-7,9,16,18H,3,8,10H2. The van der Waals surface area contributed by atoms with E-state index < -0.39 is 0 Å². The van der Waals surface area contributed by atoms with Crippen LogP contribution in [0.25, 0.3) is 0 Å². The van der Waals surface area contributed by atoms with Crippen molar-refractivity contribution in [3.8, 4) is 5.75 Å². The van der Waals surface area contributed by atoms with E-state index in [9.17, 15) is 5.11 Å². The fourth-order valence-corrected chi connectivity index (χ4v) is 2.67. The van der Waals surface area contributed by atoms with Gasteiger partial charge in [0.05, 0.1) is 6.10 Å². The van der Waals surface area contributed by atoms with Crippen LogP contribution >= 0.6 is 15.9 Å². The molecule has 19 heavy (non-hydrogen) atoms. The topological polar surface area (TPSA) is 29.5 Å². The molecule has 0 radical (unpaired) electrons. The molecule has 3 heteroatoms. The first-order valence-corrected chi connectivity index (χ1v) is 7.20. The quantitative estimate of drug-likeness (QED) is 0.926. The monoisotopic (exact) mass is 318 g/mol. The molecule has 0 heterocycles. The van der Waals surface area contributed by atoms with Gasteiger partial charge in [0, 0.05) is 4.47 Å². The van der Waals surface area contributed by atoms with E-state index in [-0.39, 0.29) is 6.10 Å². The molecule has 1 unspecified atom stereocenters. The van der Waals surface area contributed by atoms with Gasteiger partial charge >= 0.3 is 0 Å². The van der Waals surface area contributed by atoms with Crippen LogP contribution in [-0.4, -0.2) is 5.11 Å². The van der Waals surface area contributed by atoms with Crippen molar-refractivity contribution in [1.82, 2.24) is 0 Å². The van der Waals surface area contributed by atoms with Crippen molar-refractivity contribution in [1.29, 1.82) is 0 Å². The summed E-state index contributed by atoms with van der Waals surface area (Å²) in [5.41, 5.74) is 3.40. The Bertz CT molecular complexity index is 578. The van der Waals surface area contributed by atoms with Gasteiger partial charge in [-0.15, -0.1) is 0 Å². The Morgan fingerprint density at radius 2 is 1.95 bits per heavy atom. The SMILES string of the molecule is OC1CCc2cc(OCc3ccc(Br)cc3)ccc21. The van der Waals surface area contributed by atoms with Gasteiger partial charge in [-0.25, -0.2) is 0 Å². The molecule has 2 aromatic carbocycles. The molecule has 0 amide bonds. The molecule has 2 aromatic rings. The van der Waals surface area contributed by atoms with E-state index in [0.717, 1.165) is 34.2 Å². The van der Waals surface area contributed by atoms with E-state index in [4.69, 9.17) is 4.74 Å². The fourth-order valence-electron chi connectivity index (χ4n) is 2.41. The molecule has 0 aromatic heterocycles. The third-order valence-electron chi connectivity index (χ3n) is 3.48. The number of aryl methyl sites for hydroxylation is 1. The van der Waals surface area contributed by atoms with Crippen molar-refractivity contribution in [3.05, 3.63) is 63.6 Å². The molecule has 1 N–H and O–H groups in total. The van der Waals surface area contributed by atoms with Crippen molar-refractivity contribution >= 4 is 15.9 Å². The summed E-state index contributed by atoms with van der Waals surface area (Å²) in [4.78, 5) is 0. The van der Waals surface area contributed by atoms with Crippen LogP contribution in [0.1, 0.15) is 29.2 Å². The lowest BCUT2D eigenvalue weighted by Gasteiger charge is -2.09. The molecule has 0 spiro atoms. The van der Waals surface area contributed by atoms with Gasteiger partial charge in [0.1, 0.15) is 12.4 Å². The second-order valence-electron chi connectivity index (χ2n) is 4.83. The lowest BCUT2D eigenvalue weighted by Crippen LogP contribution is -1.96. The Balaban J connectivity index is 1.69. The summed E-state index contributed by atoms with van der Waals surface area (Å²) < 4.78 is 6.87. The summed E-state index contributed by atoms with van der Waals surface area (Å²) in [7, 11) is 0. The summed E-state index contributed by atoms with van der Waals surface area (Å²) in [6.07, 6.45) is 1.47. The highest BCUT2D eigenvalue weighted by Crippen LogP contribution is 2.33. The first-order chi connectivity index (χ1) is 9.22. The highest BCUT2D eigenvalue weighted by Gasteiger charge is 2.20. The van der Waals surface area contributed by atoms with Gasteiger partial charge in [-0.3, -0.25) is 0 Å². The van der Waals surface area contributed by atoms with E-state index in [1.54, 1.807) is 0 Å². The lowest BCUT2D eigenvalue weighted by atomic mass is 10.1. The molecule has 0 bridgehead atoms. The maximum absolute atomic E-state index is 9.76. The van der Waals surface area contributed by atoms with E-state index in [0.29, 0.717) is 6.61 Å². The normalized spacial score (nSPS) is 17.3. The van der Waals surface area contributed by atoms with E-state index in [2.05, 4.69) is 15.9 Å². The van der Waals surface area contributed by atoms with Crippen molar-refractivity contribution in [2.45, 2.75) is 25.6 Å². The van der Waals surface area contributed by atoms with Crippen LogP contribution in [0.4, 0.5) is 0 Å². The van der Waals surface area contributed by atoms with Crippen molar-refractivity contribution in [2.75, 3.05) is 0 Å². The molecule has 0 saturated heterocycles. The Morgan fingerprint density at radius 3 is 2.74 bits per heavy atom. The number of aliphatic hydroxyl groups excluding tert-OH is 1. The van der Waals surface area contributed by atoms with Gasteiger partial charge in [-0.2, -0.15) is 0 Å². The summed E-state index contributed by atoms with van der Waals surface area (Å²) in [5.74, 6) is 0.871. The number of fused-ring (bicyclic) bond motifs is 1. The number of hydrogen-bond acceptors (Lipinski definition) is 2. The van der Waals surface area contributed by atoms with E-state index >= 15 is 0 Å². The van der Waals surface area contributed by atoms with E-state index in [1.807, 2.05) is 42.5 Å². The molecule has 3 rings (SSSR count). The van der Waals surface area contributed by atoms with Crippen molar-refractivity contribution < 1.29 is 9.84 Å². The van der Waals surface area contributed by atoms with Crippen LogP contribution in [0.3, 0.4) is 0 Å². The number of hydrogen-bond donors (Lipinski definition) is 1. The van der Waals surface area contributed by atoms with Crippen LogP contribution < -0.4 is 4.74 Å². The number of aliphatic hydroxyl groups is 1. The minimum Gasteiger partial charge on any atom is -0.489 e. The Morgan fingerprint density at radius 1 is 1.16 bits per heavy atom. The maximum atomic E-state index is 9.76. The summed E-state index contributed by atoms with van der Waals surface area (Å²) in [6.45, 7) is 0.564. The minimum absolute atomic E-state index is 0.296. The summed E-state index contributed by atoms with van der Waals surface area (Å²) >= 11 is 3.42. The molecular weight excluding hydrogens is 304 g/mol. The molecule has 0 aliphatic heterocycles. The zero-order valence-electron chi connectivity index (χ0n) is 10.5. The second-order valence-corrected chi connectivity index (χ2v) is 5.75. The summed E-state index contributed by atoms with van der Waals surface area (Å²) in [5, 5.41) is 9.76. The average molecular weight is 319 g/mol. The number of ether oxygens (including phenoxy) is 1. The predicted octanol–water partition coefficient (Wildman–Crippen LogP) is 4.01. The van der Waals surface area contributed by atoms with Crippen LogP contribution in [0.5, 0.6) is 5.75 Å². The fraction of sp³-hybridized carbons (Fsp3) is 0.250. The number of benzene rings is 2. The first kappa shape index (κ1) is 12.7. The number of halogens is 1. The zero-order chi connectivity index (χ0) is 13.2. The van der Waals surface area contributed by atoms with Gasteiger partial charge in [0.2, 0.25) is 0 Å². The Hall–Kier alpha value is -1.32. The Labute approximate surface area is 121 Å². The third-order valence-corrected chi connectivity index (χ3v) is 4.01. The Kier molecular flexibility index (Phi) is 3.58. The molecule has 2 nitrogen and oxygen atoms in total. The first-order valence-electron chi connectivity index (χ1n) is 6.40. The van der Waals surface area contributed by atoms with E-state index in [1.165, 1.54) is 5.56 Å².